The summed E-state index contributed by atoms with van der Waals surface area (Å²) in [5, 5.41) is 4.52. The molecule has 6 nitrogen and oxygen atoms in total. The molecule has 0 aliphatic carbocycles. The molecule has 6 heteroatoms. The lowest BCUT2D eigenvalue weighted by Gasteiger charge is -2.35. The van der Waals surface area contributed by atoms with Gasteiger partial charge in [0.25, 0.3) is 5.91 Å². The minimum atomic E-state index is 0.0934. The van der Waals surface area contributed by atoms with E-state index in [0.717, 1.165) is 41.4 Å². The lowest BCUT2D eigenvalue weighted by molar-refractivity contribution is 0.0746. The first-order valence-corrected chi connectivity index (χ1v) is 9.65. The number of carbonyl (C=O) groups excluding carboxylic acids is 1. The molecule has 0 unspecified atom stereocenters. The number of aryl methyl sites for hydroxylation is 2. The van der Waals surface area contributed by atoms with Crippen LogP contribution in [0.5, 0.6) is 0 Å². The van der Waals surface area contributed by atoms with Gasteiger partial charge in [0.05, 0.1) is 12.2 Å². The van der Waals surface area contributed by atoms with Crippen molar-refractivity contribution in [2.75, 3.05) is 31.1 Å². The standard InChI is InChI=1S/C22H25N5O/c1-17-14-18(2)27(24-17)16-19-6-5-7-20(15-19)22(28)26-12-10-25(11-13-26)21-8-3-4-9-23-21/h3-9,14-15H,10-13,16H2,1-2H3. The monoisotopic (exact) mass is 375 g/mol. The van der Waals surface area contributed by atoms with Gasteiger partial charge in [-0.25, -0.2) is 4.98 Å². The molecule has 1 fully saturated rings. The van der Waals surface area contributed by atoms with Gasteiger partial charge in [-0.2, -0.15) is 5.10 Å². The maximum absolute atomic E-state index is 13.0. The zero-order valence-electron chi connectivity index (χ0n) is 16.4. The third-order valence-corrected chi connectivity index (χ3v) is 5.15. The number of benzene rings is 1. The van der Waals surface area contributed by atoms with E-state index >= 15 is 0 Å². The van der Waals surface area contributed by atoms with Gasteiger partial charge in [0.1, 0.15) is 5.82 Å². The van der Waals surface area contributed by atoms with Crippen LogP contribution < -0.4 is 4.90 Å². The van der Waals surface area contributed by atoms with Crippen LogP contribution in [-0.2, 0) is 6.54 Å². The van der Waals surface area contributed by atoms with Crippen LogP contribution in [0, 0.1) is 13.8 Å². The first-order chi connectivity index (χ1) is 13.6. The molecule has 1 aliphatic rings. The molecule has 1 aromatic carbocycles. The topological polar surface area (TPSA) is 54.3 Å². The Morgan fingerprint density at radius 1 is 1.00 bits per heavy atom. The first-order valence-electron chi connectivity index (χ1n) is 9.65. The quantitative estimate of drug-likeness (QED) is 0.704. The first kappa shape index (κ1) is 18.2. The highest BCUT2D eigenvalue weighted by Crippen LogP contribution is 2.16. The smallest absolute Gasteiger partial charge is 0.253 e. The van der Waals surface area contributed by atoms with Crippen LogP contribution in [0.2, 0.25) is 0 Å². The molecule has 1 amide bonds. The van der Waals surface area contributed by atoms with Crippen LogP contribution in [-0.4, -0.2) is 51.8 Å². The fourth-order valence-corrected chi connectivity index (χ4v) is 3.67. The maximum atomic E-state index is 13.0. The van der Waals surface area contributed by atoms with Crippen molar-refractivity contribution in [3.05, 3.63) is 77.2 Å². The van der Waals surface area contributed by atoms with Gasteiger partial charge in [-0.3, -0.25) is 9.48 Å². The fourth-order valence-electron chi connectivity index (χ4n) is 3.67. The Kier molecular flexibility index (Phi) is 5.10. The maximum Gasteiger partial charge on any atom is 0.253 e. The molecule has 3 aromatic rings. The number of anilines is 1. The Morgan fingerprint density at radius 2 is 1.82 bits per heavy atom. The van der Waals surface area contributed by atoms with Crippen molar-refractivity contribution in [2.24, 2.45) is 0 Å². The molecule has 0 spiro atoms. The Balaban J connectivity index is 1.42. The summed E-state index contributed by atoms with van der Waals surface area (Å²) in [6, 6.07) is 15.9. The van der Waals surface area contributed by atoms with Gasteiger partial charge in [0.2, 0.25) is 0 Å². The van der Waals surface area contributed by atoms with Gasteiger partial charge in [-0.05, 0) is 49.7 Å². The zero-order valence-corrected chi connectivity index (χ0v) is 16.4. The molecule has 0 saturated carbocycles. The Bertz CT molecular complexity index is 958. The average Bonchev–Trinajstić information content (AvgIpc) is 3.05. The van der Waals surface area contributed by atoms with Crippen molar-refractivity contribution >= 4 is 11.7 Å². The summed E-state index contributed by atoms with van der Waals surface area (Å²) in [6.45, 7) is 7.73. The fraction of sp³-hybridized carbons (Fsp3) is 0.318. The largest absolute Gasteiger partial charge is 0.353 e. The minimum Gasteiger partial charge on any atom is -0.353 e. The van der Waals surface area contributed by atoms with Gasteiger partial charge in [0.15, 0.2) is 0 Å². The van der Waals surface area contributed by atoms with E-state index in [1.165, 1.54) is 0 Å². The number of nitrogens with zero attached hydrogens (tertiary/aromatic N) is 5. The molecule has 2 aromatic heterocycles. The number of aromatic nitrogens is 3. The molecule has 1 aliphatic heterocycles. The SMILES string of the molecule is Cc1cc(C)n(Cc2cccc(C(=O)N3CCN(c4ccccn4)CC3)c2)n1. The third-order valence-electron chi connectivity index (χ3n) is 5.15. The second-order valence-corrected chi connectivity index (χ2v) is 7.25. The molecular formula is C22H25N5O. The number of hydrogen-bond donors (Lipinski definition) is 0. The normalized spacial score (nSPS) is 14.4. The molecule has 0 atom stereocenters. The molecule has 0 radical (unpaired) electrons. The summed E-state index contributed by atoms with van der Waals surface area (Å²) in [5.41, 5.74) is 3.96. The predicted octanol–water partition coefficient (Wildman–Crippen LogP) is 2.91. The number of rotatable bonds is 4. The van der Waals surface area contributed by atoms with Crippen LogP contribution in [0.3, 0.4) is 0 Å². The van der Waals surface area contributed by atoms with Gasteiger partial charge < -0.3 is 9.80 Å². The van der Waals surface area contributed by atoms with E-state index in [0.29, 0.717) is 19.6 Å². The summed E-state index contributed by atoms with van der Waals surface area (Å²) in [6.07, 6.45) is 1.81. The van der Waals surface area contributed by atoms with Gasteiger partial charge in [-0.1, -0.05) is 18.2 Å². The van der Waals surface area contributed by atoms with Gasteiger partial charge >= 0.3 is 0 Å². The minimum absolute atomic E-state index is 0.0934. The second-order valence-electron chi connectivity index (χ2n) is 7.25. The second kappa shape index (κ2) is 7.84. The van der Waals surface area contributed by atoms with Crippen LogP contribution in [0.1, 0.15) is 27.3 Å². The molecule has 0 N–H and O–H groups in total. The highest BCUT2D eigenvalue weighted by molar-refractivity contribution is 5.94. The van der Waals surface area contributed by atoms with Crippen molar-refractivity contribution < 1.29 is 4.79 Å². The van der Waals surface area contributed by atoms with Crippen molar-refractivity contribution in [2.45, 2.75) is 20.4 Å². The highest BCUT2D eigenvalue weighted by Gasteiger charge is 2.23. The van der Waals surface area contributed by atoms with Crippen molar-refractivity contribution in [3.63, 3.8) is 0 Å². The summed E-state index contributed by atoms with van der Waals surface area (Å²) >= 11 is 0. The molecule has 3 heterocycles. The molecule has 0 bridgehead atoms. The molecule has 4 rings (SSSR count). The predicted molar refractivity (Wildman–Crippen MR) is 110 cm³/mol. The molecular weight excluding hydrogens is 350 g/mol. The van der Waals surface area contributed by atoms with Crippen LogP contribution in [0.4, 0.5) is 5.82 Å². The van der Waals surface area contributed by atoms with Crippen molar-refractivity contribution in [1.29, 1.82) is 0 Å². The number of amides is 1. The van der Waals surface area contributed by atoms with E-state index in [9.17, 15) is 4.79 Å². The van der Waals surface area contributed by atoms with Crippen LogP contribution in [0.25, 0.3) is 0 Å². The summed E-state index contributed by atoms with van der Waals surface area (Å²) in [5.74, 6) is 1.07. The van der Waals surface area contributed by atoms with E-state index < -0.39 is 0 Å². The summed E-state index contributed by atoms with van der Waals surface area (Å²) in [7, 11) is 0. The number of carbonyl (C=O) groups is 1. The van der Waals surface area contributed by atoms with Crippen LogP contribution >= 0.6 is 0 Å². The van der Waals surface area contributed by atoms with Crippen LogP contribution in [0.15, 0.2) is 54.7 Å². The van der Waals surface area contributed by atoms with E-state index in [1.807, 2.05) is 59.0 Å². The Labute approximate surface area is 165 Å². The summed E-state index contributed by atoms with van der Waals surface area (Å²) in [4.78, 5) is 21.6. The van der Waals surface area contributed by atoms with E-state index in [1.54, 1.807) is 6.20 Å². The number of pyridine rings is 1. The van der Waals surface area contributed by atoms with Crippen molar-refractivity contribution in [3.8, 4) is 0 Å². The van der Waals surface area contributed by atoms with E-state index in [4.69, 9.17) is 0 Å². The van der Waals surface area contributed by atoms with Gasteiger partial charge in [-0.15, -0.1) is 0 Å². The number of hydrogen-bond acceptors (Lipinski definition) is 4. The lowest BCUT2D eigenvalue weighted by Crippen LogP contribution is -2.49. The Hall–Kier alpha value is -3.15. The van der Waals surface area contributed by atoms with E-state index in [2.05, 4.69) is 28.0 Å². The molecule has 144 valence electrons. The highest BCUT2D eigenvalue weighted by atomic mass is 16.2. The number of piperazine rings is 1. The molecule has 1 saturated heterocycles. The molecule has 28 heavy (non-hydrogen) atoms. The third kappa shape index (κ3) is 3.91. The average molecular weight is 375 g/mol. The van der Waals surface area contributed by atoms with Gasteiger partial charge in [0, 0.05) is 43.6 Å². The van der Waals surface area contributed by atoms with Crippen molar-refractivity contribution in [1.82, 2.24) is 19.7 Å². The van der Waals surface area contributed by atoms with E-state index in [-0.39, 0.29) is 5.91 Å². The lowest BCUT2D eigenvalue weighted by atomic mass is 10.1. The zero-order chi connectivity index (χ0) is 19.5. The summed E-state index contributed by atoms with van der Waals surface area (Å²) < 4.78 is 1.98. The Morgan fingerprint density at radius 3 is 2.50 bits per heavy atom.